The highest BCUT2D eigenvalue weighted by Crippen LogP contribution is 2.46. The lowest BCUT2D eigenvalue weighted by Crippen LogP contribution is -2.41. The lowest BCUT2D eigenvalue weighted by Gasteiger charge is -2.32. The summed E-state index contributed by atoms with van der Waals surface area (Å²) in [5.74, 6) is 2.04. The van der Waals surface area contributed by atoms with Gasteiger partial charge in [0.2, 0.25) is 0 Å². The van der Waals surface area contributed by atoms with Crippen molar-refractivity contribution in [3.8, 4) is 0 Å². The van der Waals surface area contributed by atoms with Crippen molar-refractivity contribution in [3.63, 3.8) is 0 Å². The Morgan fingerprint density at radius 3 is 2.59 bits per heavy atom. The minimum atomic E-state index is -0.268. The number of fused-ring (bicyclic) bond motifs is 1. The fourth-order valence-electron chi connectivity index (χ4n) is 4.85. The van der Waals surface area contributed by atoms with Gasteiger partial charge in [-0.3, -0.25) is 0 Å². The highest BCUT2D eigenvalue weighted by molar-refractivity contribution is 5.75. The average Bonchev–Trinajstić information content (AvgIpc) is 3.21. The Kier molecular flexibility index (Phi) is 4.92. The number of anilines is 1. The first kappa shape index (κ1) is 19.6. The number of likely N-dealkylation sites (tertiary alicyclic amines) is 1. The Morgan fingerprint density at radius 1 is 1.14 bits per heavy atom. The second kappa shape index (κ2) is 7.28. The van der Waals surface area contributed by atoms with Crippen molar-refractivity contribution in [3.05, 3.63) is 52.7 Å². The summed E-state index contributed by atoms with van der Waals surface area (Å²) in [5.41, 5.74) is 2.95. The Morgan fingerprint density at radius 2 is 1.90 bits per heavy atom. The maximum absolute atomic E-state index is 14.0. The van der Waals surface area contributed by atoms with Crippen LogP contribution in [0.1, 0.15) is 28.7 Å². The van der Waals surface area contributed by atoms with Crippen molar-refractivity contribution in [2.45, 2.75) is 26.8 Å². The normalized spacial score (nSPS) is 23.4. The number of amides is 2. The Labute approximate surface area is 171 Å². The molecule has 0 unspecified atom stereocenters. The van der Waals surface area contributed by atoms with E-state index in [0.29, 0.717) is 12.5 Å². The number of carbonyl (C=O) groups excluding carboxylic acids is 1. The first-order chi connectivity index (χ1) is 13.8. The number of carbonyl (C=O) groups is 1. The molecule has 0 spiro atoms. The molecule has 0 saturated carbocycles. The summed E-state index contributed by atoms with van der Waals surface area (Å²) in [6.07, 6.45) is 0. The molecule has 2 saturated heterocycles. The minimum Gasteiger partial charge on any atom is -0.356 e. The first-order valence-electron chi connectivity index (χ1n) is 10.1. The van der Waals surface area contributed by atoms with Crippen molar-refractivity contribution in [1.29, 1.82) is 0 Å². The van der Waals surface area contributed by atoms with E-state index < -0.39 is 0 Å². The van der Waals surface area contributed by atoms with Crippen LogP contribution in [0.25, 0.3) is 0 Å². The summed E-state index contributed by atoms with van der Waals surface area (Å²) in [6.45, 7) is 8.28. The average molecular weight is 397 g/mol. The molecule has 3 heterocycles. The van der Waals surface area contributed by atoms with Crippen LogP contribution in [0, 0.1) is 38.4 Å². The van der Waals surface area contributed by atoms with Crippen LogP contribution in [0.5, 0.6) is 0 Å². The molecule has 2 amide bonds. The number of hydrogen-bond donors (Lipinski definition) is 0. The molecule has 0 radical (unpaired) electrons. The fraction of sp³-hybridized carbons (Fsp3) is 0.500. The molecule has 1 aromatic heterocycles. The van der Waals surface area contributed by atoms with E-state index in [0.717, 1.165) is 41.6 Å². The maximum Gasteiger partial charge on any atom is 0.320 e. The van der Waals surface area contributed by atoms with Crippen LogP contribution in [0.4, 0.5) is 15.0 Å². The molecule has 3 atom stereocenters. The van der Waals surface area contributed by atoms with Gasteiger partial charge in [-0.05, 0) is 38.5 Å². The SMILES string of the molecule is Cc1nc(C)c(C)c(N2C[C@@H]3CN(C(=O)N(C)C)[C@@H](c4cccc(F)c4)[C@@H]3C2)n1. The van der Waals surface area contributed by atoms with E-state index in [1.54, 1.807) is 31.1 Å². The predicted molar refractivity (Wildman–Crippen MR) is 110 cm³/mol. The summed E-state index contributed by atoms with van der Waals surface area (Å²) in [6, 6.07) is 6.51. The fourth-order valence-corrected chi connectivity index (χ4v) is 4.85. The molecule has 0 aliphatic carbocycles. The van der Waals surface area contributed by atoms with Gasteiger partial charge in [-0.2, -0.15) is 0 Å². The second-order valence-corrected chi connectivity index (χ2v) is 8.46. The molecule has 2 fully saturated rings. The smallest absolute Gasteiger partial charge is 0.320 e. The zero-order valence-corrected chi connectivity index (χ0v) is 17.7. The van der Waals surface area contributed by atoms with Gasteiger partial charge in [0.25, 0.3) is 0 Å². The molecule has 6 nitrogen and oxygen atoms in total. The molecule has 2 aliphatic rings. The Hall–Kier alpha value is -2.70. The van der Waals surface area contributed by atoms with Gasteiger partial charge in [-0.25, -0.2) is 19.2 Å². The van der Waals surface area contributed by atoms with E-state index in [-0.39, 0.29) is 23.8 Å². The molecule has 2 aliphatic heterocycles. The van der Waals surface area contributed by atoms with E-state index in [2.05, 4.69) is 16.8 Å². The van der Waals surface area contributed by atoms with E-state index in [4.69, 9.17) is 4.98 Å². The van der Waals surface area contributed by atoms with Crippen LogP contribution in [-0.2, 0) is 0 Å². The van der Waals surface area contributed by atoms with E-state index in [1.165, 1.54) is 6.07 Å². The van der Waals surface area contributed by atoms with E-state index in [9.17, 15) is 9.18 Å². The largest absolute Gasteiger partial charge is 0.356 e. The predicted octanol–water partition coefficient (Wildman–Crippen LogP) is 3.33. The third kappa shape index (κ3) is 3.43. The van der Waals surface area contributed by atoms with Crippen molar-refractivity contribution >= 4 is 11.8 Å². The summed E-state index contributed by atoms with van der Waals surface area (Å²) >= 11 is 0. The van der Waals surface area contributed by atoms with Gasteiger partial charge in [0, 0.05) is 56.8 Å². The second-order valence-electron chi connectivity index (χ2n) is 8.46. The summed E-state index contributed by atoms with van der Waals surface area (Å²) in [7, 11) is 3.53. The van der Waals surface area contributed by atoms with Crippen LogP contribution < -0.4 is 4.90 Å². The van der Waals surface area contributed by atoms with Crippen molar-refractivity contribution in [1.82, 2.24) is 19.8 Å². The van der Waals surface area contributed by atoms with Crippen LogP contribution in [0.3, 0.4) is 0 Å². The third-order valence-corrected chi connectivity index (χ3v) is 6.26. The number of aromatic nitrogens is 2. The van der Waals surface area contributed by atoms with Gasteiger partial charge in [0.1, 0.15) is 17.5 Å². The molecule has 29 heavy (non-hydrogen) atoms. The van der Waals surface area contributed by atoms with Crippen LogP contribution in [-0.4, -0.2) is 59.5 Å². The third-order valence-electron chi connectivity index (χ3n) is 6.26. The van der Waals surface area contributed by atoms with Gasteiger partial charge in [0.05, 0.1) is 6.04 Å². The standard InChI is InChI=1S/C22H28FN5O/c1-13-14(2)24-15(3)25-21(13)27-10-17-11-28(22(29)26(4)5)20(19(17)12-27)16-7-6-8-18(23)9-16/h6-9,17,19-20H,10-12H2,1-5H3/t17-,19-,20+/m1/s1. The maximum atomic E-state index is 14.0. The monoisotopic (exact) mass is 397 g/mol. The molecule has 0 bridgehead atoms. The molecule has 2 aromatic rings. The summed E-state index contributed by atoms with van der Waals surface area (Å²) in [4.78, 5) is 27.9. The number of aryl methyl sites for hydroxylation is 2. The topological polar surface area (TPSA) is 52.6 Å². The van der Waals surface area contributed by atoms with Gasteiger partial charge < -0.3 is 14.7 Å². The minimum absolute atomic E-state index is 0.0230. The van der Waals surface area contributed by atoms with Gasteiger partial charge >= 0.3 is 6.03 Å². The number of benzene rings is 1. The van der Waals surface area contributed by atoms with Crippen molar-refractivity contribution < 1.29 is 9.18 Å². The molecular weight excluding hydrogens is 369 g/mol. The molecular formula is C22H28FN5O. The molecule has 4 rings (SSSR count). The van der Waals surface area contributed by atoms with Gasteiger partial charge in [-0.1, -0.05) is 12.1 Å². The molecule has 0 N–H and O–H groups in total. The zero-order valence-electron chi connectivity index (χ0n) is 17.7. The molecule has 7 heteroatoms. The zero-order chi connectivity index (χ0) is 20.9. The molecule has 1 aromatic carbocycles. The summed E-state index contributed by atoms with van der Waals surface area (Å²) in [5, 5.41) is 0. The van der Waals surface area contributed by atoms with Crippen LogP contribution in [0.2, 0.25) is 0 Å². The number of nitrogens with zero attached hydrogens (tertiary/aromatic N) is 5. The lowest BCUT2D eigenvalue weighted by atomic mass is 9.89. The number of rotatable bonds is 2. The molecule has 154 valence electrons. The van der Waals surface area contributed by atoms with Crippen LogP contribution >= 0.6 is 0 Å². The van der Waals surface area contributed by atoms with Crippen LogP contribution in [0.15, 0.2) is 24.3 Å². The Balaban J connectivity index is 1.68. The van der Waals surface area contributed by atoms with Gasteiger partial charge in [-0.15, -0.1) is 0 Å². The van der Waals surface area contributed by atoms with E-state index >= 15 is 0 Å². The van der Waals surface area contributed by atoms with Gasteiger partial charge in [0.15, 0.2) is 0 Å². The number of hydrogen-bond acceptors (Lipinski definition) is 4. The summed E-state index contributed by atoms with van der Waals surface area (Å²) < 4.78 is 14.0. The highest BCUT2D eigenvalue weighted by atomic mass is 19.1. The van der Waals surface area contributed by atoms with Crippen molar-refractivity contribution in [2.24, 2.45) is 11.8 Å². The Bertz CT molecular complexity index is 947. The first-order valence-corrected chi connectivity index (χ1v) is 10.1. The quantitative estimate of drug-likeness (QED) is 0.780. The number of urea groups is 1. The van der Waals surface area contributed by atoms with Crippen molar-refractivity contribution in [2.75, 3.05) is 38.6 Å². The highest BCUT2D eigenvalue weighted by Gasteiger charge is 2.50. The lowest BCUT2D eigenvalue weighted by molar-refractivity contribution is 0.159. The van der Waals surface area contributed by atoms with E-state index in [1.807, 2.05) is 24.8 Å². The number of halogens is 1.